The fourth-order valence-corrected chi connectivity index (χ4v) is 4.98. The van der Waals surface area contributed by atoms with E-state index in [9.17, 15) is 8.42 Å². The van der Waals surface area contributed by atoms with Crippen molar-refractivity contribution < 1.29 is 13.2 Å². The molecule has 3 rings (SSSR count). The van der Waals surface area contributed by atoms with Gasteiger partial charge in [0, 0.05) is 18.4 Å². The molecule has 2 atom stereocenters. The second kappa shape index (κ2) is 5.67. The van der Waals surface area contributed by atoms with Crippen molar-refractivity contribution in [1.29, 1.82) is 0 Å². The lowest BCUT2D eigenvalue weighted by Crippen LogP contribution is -2.54. The normalized spacial score (nSPS) is 28.2. The Morgan fingerprint density at radius 2 is 2.20 bits per heavy atom. The van der Waals surface area contributed by atoms with Crippen molar-refractivity contribution in [3.8, 4) is 0 Å². The lowest BCUT2D eigenvalue weighted by atomic mass is 9.91. The summed E-state index contributed by atoms with van der Waals surface area (Å²) in [6, 6.07) is 1.60. The Hall–Kier alpha value is -0.560. The SMILES string of the molecule is O=S(=O)(c1c[nH]c(CCl)c1)N1CCOC2CCCCC21. The van der Waals surface area contributed by atoms with Crippen molar-refractivity contribution in [3.63, 3.8) is 0 Å². The molecule has 2 heterocycles. The van der Waals surface area contributed by atoms with Gasteiger partial charge in [0.15, 0.2) is 0 Å². The van der Waals surface area contributed by atoms with Crippen LogP contribution < -0.4 is 0 Å². The third kappa shape index (κ3) is 2.50. The van der Waals surface area contributed by atoms with Crippen molar-refractivity contribution in [2.45, 2.75) is 48.6 Å². The van der Waals surface area contributed by atoms with Crippen LogP contribution in [0.3, 0.4) is 0 Å². The number of aromatic nitrogens is 1. The Kier molecular flexibility index (Phi) is 4.08. The van der Waals surface area contributed by atoms with E-state index in [4.69, 9.17) is 16.3 Å². The van der Waals surface area contributed by atoms with Gasteiger partial charge in [-0.15, -0.1) is 11.6 Å². The standard InChI is InChI=1S/C13H19ClN2O3S/c14-8-10-7-11(9-15-10)20(17,18)16-5-6-19-13-4-2-1-3-12(13)16/h7,9,12-13,15H,1-6,8H2. The first-order valence-electron chi connectivity index (χ1n) is 6.99. The van der Waals surface area contributed by atoms with E-state index in [1.165, 1.54) is 6.20 Å². The minimum absolute atomic E-state index is 0.0168. The number of rotatable bonds is 3. The molecule has 1 aliphatic heterocycles. The van der Waals surface area contributed by atoms with Crippen LogP contribution in [0.15, 0.2) is 17.2 Å². The number of aromatic amines is 1. The van der Waals surface area contributed by atoms with Gasteiger partial charge in [-0.05, 0) is 18.9 Å². The quantitative estimate of drug-likeness (QED) is 0.868. The smallest absolute Gasteiger partial charge is 0.245 e. The fourth-order valence-electron chi connectivity index (χ4n) is 3.14. The van der Waals surface area contributed by atoms with Crippen molar-refractivity contribution in [2.75, 3.05) is 13.2 Å². The Bertz CT molecular complexity index is 570. The number of fused-ring (bicyclic) bond motifs is 1. The van der Waals surface area contributed by atoms with E-state index < -0.39 is 10.0 Å². The van der Waals surface area contributed by atoms with Crippen molar-refractivity contribution in [3.05, 3.63) is 18.0 Å². The molecular weight excluding hydrogens is 300 g/mol. The molecule has 0 aromatic carbocycles. The molecule has 112 valence electrons. The molecule has 1 aromatic rings. The molecule has 0 spiro atoms. The van der Waals surface area contributed by atoms with Gasteiger partial charge in [0.25, 0.3) is 0 Å². The topological polar surface area (TPSA) is 62.4 Å². The van der Waals surface area contributed by atoms with Crippen LogP contribution in [0.2, 0.25) is 0 Å². The van der Waals surface area contributed by atoms with Gasteiger partial charge in [-0.3, -0.25) is 0 Å². The summed E-state index contributed by atoms with van der Waals surface area (Å²) >= 11 is 5.73. The molecule has 1 aromatic heterocycles. The number of hydrogen-bond acceptors (Lipinski definition) is 3. The minimum atomic E-state index is -3.46. The molecule has 5 nitrogen and oxygen atoms in total. The summed E-state index contributed by atoms with van der Waals surface area (Å²) < 4.78 is 32.9. The number of ether oxygens (including phenoxy) is 1. The Morgan fingerprint density at radius 3 is 2.95 bits per heavy atom. The summed E-state index contributed by atoms with van der Waals surface area (Å²) in [5.74, 6) is 0.282. The molecule has 2 fully saturated rings. The first-order valence-corrected chi connectivity index (χ1v) is 8.97. The van der Waals surface area contributed by atoms with Gasteiger partial charge in [0.1, 0.15) is 0 Å². The summed E-state index contributed by atoms with van der Waals surface area (Å²) in [5.41, 5.74) is 0.721. The van der Waals surface area contributed by atoms with E-state index in [1.54, 1.807) is 10.4 Å². The fraction of sp³-hybridized carbons (Fsp3) is 0.692. The Morgan fingerprint density at radius 1 is 1.40 bits per heavy atom. The van der Waals surface area contributed by atoms with Crippen LogP contribution in [0.1, 0.15) is 31.4 Å². The number of hydrogen-bond donors (Lipinski definition) is 1. The molecule has 1 saturated heterocycles. The zero-order valence-electron chi connectivity index (χ0n) is 11.2. The van der Waals surface area contributed by atoms with Crippen molar-refractivity contribution in [2.24, 2.45) is 0 Å². The average Bonchev–Trinajstić information content (AvgIpc) is 2.96. The van der Waals surface area contributed by atoms with Crippen molar-refractivity contribution in [1.82, 2.24) is 9.29 Å². The van der Waals surface area contributed by atoms with Crippen LogP contribution in [-0.2, 0) is 20.6 Å². The number of halogens is 1. The molecular formula is C13H19ClN2O3S. The number of sulfonamides is 1. The summed E-state index contributed by atoms with van der Waals surface area (Å²) in [5, 5.41) is 0. The molecule has 0 amide bonds. The average molecular weight is 319 g/mol. The predicted octanol–water partition coefficient (Wildman–Crippen LogP) is 2.09. The lowest BCUT2D eigenvalue weighted by Gasteiger charge is -2.42. The molecule has 0 radical (unpaired) electrons. The van der Waals surface area contributed by atoms with E-state index >= 15 is 0 Å². The largest absolute Gasteiger partial charge is 0.375 e. The number of nitrogens with zero attached hydrogens (tertiary/aromatic N) is 1. The minimum Gasteiger partial charge on any atom is -0.375 e. The molecule has 1 aliphatic carbocycles. The van der Waals surface area contributed by atoms with Crippen LogP contribution in [0.25, 0.3) is 0 Å². The summed E-state index contributed by atoms with van der Waals surface area (Å²) in [6.07, 6.45) is 5.61. The van der Waals surface area contributed by atoms with Gasteiger partial charge >= 0.3 is 0 Å². The van der Waals surface area contributed by atoms with Gasteiger partial charge in [-0.25, -0.2) is 8.42 Å². The van der Waals surface area contributed by atoms with Crippen molar-refractivity contribution >= 4 is 21.6 Å². The third-order valence-electron chi connectivity index (χ3n) is 4.15. The molecule has 1 saturated carbocycles. The van der Waals surface area contributed by atoms with E-state index in [0.29, 0.717) is 18.0 Å². The summed E-state index contributed by atoms with van der Waals surface area (Å²) in [4.78, 5) is 3.21. The highest BCUT2D eigenvalue weighted by molar-refractivity contribution is 7.89. The number of alkyl halides is 1. The maximum absolute atomic E-state index is 12.8. The molecule has 7 heteroatoms. The van der Waals surface area contributed by atoms with Gasteiger partial charge in [-0.2, -0.15) is 4.31 Å². The van der Waals surface area contributed by atoms with E-state index in [2.05, 4.69) is 4.98 Å². The highest BCUT2D eigenvalue weighted by atomic mass is 35.5. The van der Waals surface area contributed by atoms with E-state index in [-0.39, 0.29) is 18.0 Å². The molecule has 0 bridgehead atoms. The van der Waals surface area contributed by atoms with Crippen LogP contribution >= 0.6 is 11.6 Å². The Labute approximate surface area is 124 Å². The van der Waals surface area contributed by atoms with Crippen LogP contribution in [-0.4, -0.2) is 43.0 Å². The zero-order chi connectivity index (χ0) is 14.2. The van der Waals surface area contributed by atoms with Crippen LogP contribution in [0.4, 0.5) is 0 Å². The predicted molar refractivity (Wildman–Crippen MR) is 76.2 cm³/mol. The second-order valence-corrected chi connectivity index (χ2v) is 7.53. The van der Waals surface area contributed by atoms with Crippen LogP contribution in [0.5, 0.6) is 0 Å². The highest BCUT2D eigenvalue weighted by Crippen LogP contribution is 2.32. The molecule has 20 heavy (non-hydrogen) atoms. The molecule has 1 N–H and O–H groups in total. The number of morpholine rings is 1. The maximum atomic E-state index is 12.8. The van der Waals surface area contributed by atoms with E-state index in [1.807, 2.05) is 0 Å². The van der Waals surface area contributed by atoms with Gasteiger partial charge in [-0.1, -0.05) is 12.8 Å². The Balaban J connectivity index is 1.89. The second-order valence-electron chi connectivity index (χ2n) is 5.37. The monoisotopic (exact) mass is 318 g/mol. The zero-order valence-corrected chi connectivity index (χ0v) is 12.8. The number of nitrogens with one attached hydrogen (secondary N) is 1. The van der Waals surface area contributed by atoms with Crippen LogP contribution in [0, 0.1) is 0 Å². The van der Waals surface area contributed by atoms with Gasteiger partial charge in [0.05, 0.1) is 29.5 Å². The first kappa shape index (κ1) is 14.4. The molecule has 2 unspecified atom stereocenters. The highest BCUT2D eigenvalue weighted by Gasteiger charge is 2.41. The first-order chi connectivity index (χ1) is 9.63. The molecule has 2 aliphatic rings. The summed E-state index contributed by atoms with van der Waals surface area (Å²) in [6.45, 7) is 0.915. The van der Waals surface area contributed by atoms with Gasteiger partial charge in [0.2, 0.25) is 10.0 Å². The maximum Gasteiger partial charge on any atom is 0.245 e. The number of H-pyrrole nitrogens is 1. The lowest BCUT2D eigenvalue weighted by molar-refractivity contribution is -0.0586. The third-order valence-corrected chi connectivity index (χ3v) is 6.34. The van der Waals surface area contributed by atoms with E-state index in [0.717, 1.165) is 31.4 Å². The summed E-state index contributed by atoms with van der Waals surface area (Å²) in [7, 11) is -3.46. The van der Waals surface area contributed by atoms with Gasteiger partial charge < -0.3 is 9.72 Å².